The van der Waals surface area contributed by atoms with E-state index in [9.17, 15) is 14.4 Å². The number of carbonyl (C=O) groups is 2. The lowest BCUT2D eigenvalue weighted by molar-refractivity contribution is -0.138. The molecule has 1 aromatic heterocycles. The Bertz CT molecular complexity index is 598. The Balaban J connectivity index is 2.04. The van der Waals surface area contributed by atoms with E-state index >= 15 is 0 Å². The van der Waals surface area contributed by atoms with E-state index in [-0.39, 0.29) is 23.7 Å². The van der Waals surface area contributed by atoms with Crippen molar-refractivity contribution in [2.45, 2.75) is 6.42 Å². The highest BCUT2D eigenvalue weighted by atomic mass is 16.4. The van der Waals surface area contributed by atoms with Crippen molar-refractivity contribution in [1.82, 2.24) is 19.6 Å². The first-order chi connectivity index (χ1) is 9.97. The fourth-order valence-electron chi connectivity index (χ4n) is 2.30. The van der Waals surface area contributed by atoms with Gasteiger partial charge in [0.1, 0.15) is 5.69 Å². The molecule has 0 aliphatic carbocycles. The minimum atomic E-state index is -0.866. The average molecular weight is 294 g/mol. The van der Waals surface area contributed by atoms with E-state index in [0.717, 1.165) is 4.68 Å². The Morgan fingerprint density at radius 1 is 1.24 bits per heavy atom. The van der Waals surface area contributed by atoms with Gasteiger partial charge in [0, 0.05) is 39.3 Å². The molecule has 1 aromatic rings. The third kappa shape index (κ3) is 3.88. The molecule has 0 aromatic carbocycles. The first-order valence-electron chi connectivity index (χ1n) is 6.75. The summed E-state index contributed by atoms with van der Waals surface area (Å²) in [7, 11) is 1.50. The van der Waals surface area contributed by atoms with Gasteiger partial charge in [-0.05, 0) is 12.5 Å². The van der Waals surface area contributed by atoms with Gasteiger partial charge in [-0.3, -0.25) is 19.3 Å². The lowest BCUT2D eigenvalue weighted by Gasteiger charge is -2.20. The predicted octanol–water partition coefficient (Wildman–Crippen LogP) is -0.987. The van der Waals surface area contributed by atoms with Gasteiger partial charge in [0.15, 0.2) is 0 Å². The number of aromatic nitrogens is 2. The second-order valence-corrected chi connectivity index (χ2v) is 5.00. The smallest absolute Gasteiger partial charge is 0.317 e. The van der Waals surface area contributed by atoms with Gasteiger partial charge in [-0.15, -0.1) is 0 Å². The van der Waals surface area contributed by atoms with Gasteiger partial charge < -0.3 is 10.0 Å². The number of aliphatic carboxylic acids is 1. The molecule has 8 heteroatoms. The summed E-state index contributed by atoms with van der Waals surface area (Å²) in [6.45, 7) is 2.16. The van der Waals surface area contributed by atoms with Crippen molar-refractivity contribution in [3.8, 4) is 0 Å². The number of amides is 1. The van der Waals surface area contributed by atoms with E-state index < -0.39 is 5.97 Å². The van der Waals surface area contributed by atoms with Crippen molar-refractivity contribution >= 4 is 11.9 Å². The van der Waals surface area contributed by atoms with Gasteiger partial charge in [0.25, 0.3) is 11.5 Å². The van der Waals surface area contributed by atoms with Gasteiger partial charge in [-0.1, -0.05) is 0 Å². The van der Waals surface area contributed by atoms with Crippen LogP contribution in [-0.4, -0.2) is 69.3 Å². The molecule has 0 atom stereocenters. The fourth-order valence-corrected chi connectivity index (χ4v) is 2.30. The molecule has 1 N–H and O–H groups in total. The van der Waals surface area contributed by atoms with E-state index in [0.29, 0.717) is 32.6 Å². The third-order valence-electron chi connectivity index (χ3n) is 3.41. The van der Waals surface area contributed by atoms with E-state index in [2.05, 4.69) is 5.10 Å². The summed E-state index contributed by atoms with van der Waals surface area (Å²) in [6, 6.07) is 2.74. The Morgan fingerprint density at radius 3 is 2.67 bits per heavy atom. The van der Waals surface area contributed by atoms with E-state index in [1.54, 1.807) is 4.90 Å². The zero-order valence-electron chi connectivity index (χ0n) is 11.9. The molecule has 2 heterocycles. The molecule has 0 saturated carbocycles. The molecule has 1 aliphatic heterocycles. The van der Waals surface area contributed by atoms with Crippen LogP contribution >= 0.6 is 0 Å². The van der Waals surface area contributed by atoms with Crippen LogP contribution in [0.5, 0.6) is 0 Å². The predicted molar refractivity (Wildman–Crippen MR) is 74.1 cm³/mol. The maximum atomic E-state index is 12.4. The molecule has 0 bridgehead atoms. The monoisotopic (exact) mass is 294 g/mol. The number of hydrogen-bond donors (Lipinski definition) is 1. The second kappa shape index (κ2) is 6.49. The number of carboxylic acids is 1. The van der Waals surface area contributed by atoms with E-state index in [4.69, 9.17) is 5.11 Å². The van der Waals surface area contributed by atoms with Gasteiger partial charge >= 0.3 is 5.97 Å². The number of nitrogens with zero attached hydrogens (tertiary/aromatic N) is 4. The van der Waals surface area contributed by atoms with Gasteiger partial charge in [0.2, 0.25) is 0 Å². The molecule has 8 nitrogen and oxygen atoms in total. The maximum absolute atomic E-state index is 12.4. The first-order valence-corrected chi connectivity index (χ1v) is 6.75. The zero-order valence-corrected chi connectivity index (χ0v) is 11.9. The summed E-state index contributed by atoms with van der Waals surface area (Å²) in [5, 5.41) is 12.8. The summed E-state index contributed by atoms with van der Waals surface area (Å²) in [5.41, 5.74) is -0.0427. The van der Waals surface area contributed by atoms with Gasteiger partial charge in [-0.2, -0.15) is 5.10 Å². The molecule has 1 saturated heterocycles. The topological polar surface area (TPSA) is 95.7 Å². The molecule has 1 fully saturated rings. The van der Waals surface area contributed by atoms with E-state index in [1.807, 2.05) is 4.90 Å². The standard InChI is InChI=1S/C13H18N4O4/c1-15-11(18)4-3-10(14-15)13(21)17-6-2-5-16(7-8-17)9-12(19)20/h3-4H,2,5-9H2,1H3,(H,19,20). The van der Waals surface area contributed by atoms with Crippen molar-refractivity contribution in [1.29, 1.82) is 0 Å². The Kier molecular flexibility index (Phi) is 4.69. The third-order valence-corrected chi connectivity index (χ3v) is 3.41. The minimum Gasteiger partial charge on any atom is -0.480 e. The van der Waals surface area contributed by atoms with Crippen molar-refractivity contribution in [3.05, 3.63) is 28.2 Å². The lowest BCUT2D eigenvalue weighted by atomic mass is 10.3. The van der Waals surface area contributed by atoms with Crippen LogP contribution in [0, 0.1) is 0 Å². The molecular weight excluding hydrogens is 276 g/mol. The number of aryl methyl sites for hydroxylation is 1. The molecule has 21 heavy (non-hydrogen) atoms. The highest BCUT2D eigenvalue weighted by Gasteiger charge is 2.22. The molecule has 0 unspecified atom stereocenters. The van der Waals surface area contributed by atoms with Crippen molar-refractivity contribution in [3.63, 3.8) is 0 Å². The van der Waals surface area contributed by atoms with Crippen molar-refractivity contribution in [2.75, 3.05) is 32.7 Å². The minimum absolute atomic E-state index is 0.0138. The van der Waals surface area contributed by atoms with Gasteiger partial charge in [0.05, 0.1) is 6.54 Å². The van der Waals surface area contributed by atoms with Crippen LogP contribution in [0.2, 0.25) is 0 Å². The molecule has 0 radical (unpaired) electrons. The summed E-state index contributed by atoms with van der Waals surface area (Å²) in [6.07, 6.45) is 0.713. The summed E-state index contributed by atoms with van der Waals surface area (Å²) < 4.78 is 1.13. The van der Waals surface area contributed by atoms with Crippen LogP contribution in [0.1, 0.15) is 16.9 Å². The van der Waals surface area contributed by atoms with Crippen LogP contribution < -0.4 is 5.56 Å². The Hall–Kier alpha value is -2.22. The number of rotatable bonds is 3. The molecule has 114 valence electrons. The van der Waals surface area contributed by atoms with Crippen LogP contribution in [0.15, 0.2) is 16.9 Å². The number of hydrogen-bond acceptors (Lipinski definition) is 5. The molecular formula is C13H18N4O4. The number of carboxylic acid groups (broad SMARTS) is 1. The second-order valence-electron chi connectivity index (χ2n) is 5.00. The summed E-state index contributed by atoms with van der Waals surface area (Å²) in [4.78, 5) is 37.8. The highest BCUT2D eigenvalue weighted by Crippen LogP contribution is 2.07. The lowest BCUT2D eigenvalue weighted by Crippen LogP contribution is -2.37. The molecule has 0 spiro atoms. The Morgan fingerprint density at radius 2 is 2.00 bits per heavy atom. The average Bonchev–Trinajstić information content (AvgIpc) is 2.66. The Labute approximate surface area is 121 Å². The SMILES string of the molecule is Cn1nc(C(=O)N2CCCN(CC(=O)O)CC2)ccc1=O. The molecule has 2 rings (SSSR count). The van der Waals surface area contributed by atoms with Crippen LogP contribution in [0.25, 0.3) is 0 Å². The van der Waals surface area contributed by atoms with Crippen molar-refractivity contribution < 1.29 is 14.7 Å². The molecule has 1 aliphatic rings. The summed E-state index contributed by atoms with van der Waals surface area (Å²) in [5.74, 6) is -1.10. The fraction of sp³-hybridized carbons (Fsp3) is 0.538. The highest BCUT2D eigenvalue weighted by molar-refractivity contribution is 5.92. The zero-order chi connectivity index (χ0) is 15.4. The van der Waals surface area contributed by atoms with E-state index in [1.165, 1.54) is 19.2 Å². The van der Waals surface area contributed by atoms with Crippen molar-refractivity contribution in [2.24, 2.45) is 7.05 Å². The quantitative estimate of drug-likeness (QED) is 0.769. The van der Waals surface area contributed by atoms with Gasteiger partial charge in [-0.25, -0.2) is 4.68 Å². The number of carbonyl (C=O) groups excluding carboxylic acids is 1. The maximum Gasteiger partial charge on any atom is 0.317 e. The first kappa shape index (κ1) is 15.2. The summed E-state index contributed by atoms with van der Waals surface area (Å²) >= 11 is 0. The normalized spacial score (nSPS) is 16.5. The largest absolute Gasteiger partial charge is 0.480 e. The van der Waals surface area contributed by atoms with Crippen LogP contribution in [-0.2, 0) is 11.8 Å². The molecule has 1 amide bonds. The van der Waals surface area contributed by atoms with Crippen LogP contribution in [0.4, 0.5) is 0 Å². The van der Waals surface area contributed by atoms with Crippen LogP contribution in [0.3, 0.4) is 0 Å².